The number of halogens is 1. The predicted molar refractivity (Wildman–Crippen MR) is 117 cm³/mol. The van der Waals surface area contributed by atoms with Gasteiger partial charge < -0.3 is 5.32 Å². The topological polar surface area (TPSA) is 66.5 Å². The van der Waals surface area contributed by atoms with E-state index in [0.29, 0.717) is 31.0 Å². The molecule has 1 N–H and O–H groups in total. The minimum Gasteiger partial charge on any atom is -0.325 e. The van der Waals surface area contributed by atoms with Crippen LogP contribution in [0.25, 0.3) is 0 Å². The van der Waals surface area contributed by atoms with Crippen LogP contribution in [0.4, 0.5) is 5.69 Å². The van der Waals surface area contributed by atoms with Gasteiger partial charge in [0.05, 0.1) is 4.90 Å². The van der Waals surface area contributed by atoms with Gasteiger partial charge in [-0.3, -0.25) is 4.79 Å². The molecule has 0 bridgehead atoms. The van der Waals surface area contributed by atoms with Crippen LogP contribution in [0.5, 0.6) is 0 Å². The number of nitrogens with zero attached hydrogens (tertiary/aromatic N) is 1. The van der Waals surface area contributed by atoms with Crippen molar-refractivity contribution >= 4 is 33.2 Å². The number of benzene rings is 2. The van der Waals surface area contributed by atoms with Crippen LogP contribution in [-0.4, -0.2) is 31.7 Å². The molecule has 7 heteroatoms. The molecule has 0 atom stereocenters. The summed E-state index contributed by atoms with van der Waals surface area (Å²) in [4.78, 5) is 13.1. The Hall–Kier alpha value is -1.89. The summed E-state index contributed by atoms with van der Waals surface area (Å²) in [5, 5.41) is 3.62. The fourth-order valence-corrected chi connectivity index (χ4v) is 5.34. The van der Waals surface area contributed by atoms with Crippen LogP contribution in [0.1, 0.15) is 37.8 Å². The van der Waals surface area contributed by atoms with Crippen LogP contribution in [0.3, 0.4) is 0 Å². The quantitative estimate of drug-likeness (QED) is 0.727. The highest BCUT2D eigenvalue weighted by Gasteiger charge is 2.32. The Balaban J connectivity index is 1.67. The Labute approximate surface area is 178 Å². The van der Waals surface area contributed by atoms with Crippen LogP contribution in [0.15, 0.2) is 47.4 Å². The minimum atomic E-state index is -3.57. The third kappa shape index (κ3) is 4.82. The Morgan fingerprint density at radius 1 is 1.03 bits per heavy atom. The number of anilines is 1. The van der Waals surface area contributed by atoms with E-state index in [1.165, 1.54) is 16.4 Å². The summed E-state index contributed by atoms with van der Waals surface area (Å²) < 4.78 is 27.1. The summed E-state index contributed by atoms with van der Waals surface area (Å²) >= 11 is 5.86. The lowest BCUT2D eigenvalue weighted by molar-refractivity contribution is -0.120. The first kappa shape index (κ1) is 21.8. The number of para-hydroxylation sites is 1. The number of carbonyl (C=O) groups excluding carboxylic acids is 1. The van der Waals surface area contributed by atoms with Crippen molar-refractivity contribution < 1.29 is 13.2 Å². The number of nitrogens with one attached hydrogen (secondary N) is 1. The molecule has 1 aliphatic heterocycles. The fourth-order valence-electron chi connectivity index (χ4n) is 3.74. The van der Waals surface area contributed by atoms with Gasteiger partial charge in [0.1, 0.15) is 0 Å². The van der Waals surface area contributed by atoms with E-state index in [1.807, 2.05) is 18.2 Å². The van der Waals surface area contributed by atoms with E-state index < -0.39 is 10.0 Å². The van der Waals surface area contributed by atoms with Gasteiger partial charge in [0.15, 0.2) is 0 Å². The lowest BCUT2D eigenvalue weighted by atomic mass is 9.96. The molecule has 1 saturated heterocycles. The first-order valence-electron chi connectivity index (χ1n) is 10.0. The summed E-state index contributed by atoms with van der Waals surface area (Å²) in [6.07, 6.45) is 2.71. The summed E-state index contributed by atoms with van der Waals surface area (Å²) in [6, 6.07) is 12.3. The van der Waals surface area contributed by atoms with Gasteiger partial charge in [-0.2, -0.15) is 4.31 Å². The molecule has 2 aromatic carbocycles. The summed E-state index contributed by atoms with van der Waals surface area (Å²) in [5.74, 6) is -0.217. The normalized spacial score (nSPS) is 16.0. The van der Waals surface area contributed by atoms with Gasteiger partial charge in [-0.05, 0) is 61.1 Å². The summed E-state index contributed by atoms with van der Waals surface area (Å²) in [7, 11) is -3.57. The third-order valence-electron chi connectivity index (χ3n) is 5.52. The number of piperidine rings is 1. The van der Waals surface area contributed by atoms with Gasteiger partial charge in [0, 0.05) is 29.7 Å². The Morgan fingerprint density at radius 2 is 1.59 bits per heavy atom. The molecule has 2 aromatic rings. The van der Waals surface area contributed by atoms with E-state index in [2.05, 4.69) is 19.2 Å². The molecular formula is C22H27ClN2O3S. The molecule has 1 heterocycles. The predicted octanol–water partition coefficient (Wildman–Crippen LogP) is 4.50. The second-order valence-corrected chi connectivity index (χ2v) is 9.65. The highest BCUT2D eigenvalue weighted by molar-refractivity contribution is 7.89. The van der Waals surface area contributed by atoms with Crippen molar-refractivity contribution in [1.82, 2.24) is 4.31 Å². The zero-order chi connectivity index (χ0) is 21.0. The van der Waals surface area contributed by atoms with Crippen molar-refractivity contribution in [3.63, 3.8) is 0 Å². The standard InChI is InChI=1S/C22H27ClN2O3S/c1-3-16-6-5-7-17(4-2)21(16)24-22(26)18-12-14-25(15-13-18)29(27,28)20-10-8-19(23)9-11-20/h5-11,18H,3-4,12-15H2,1-2H3,(H,24,26). The van der Waals surface area contributed by atoms with Crippen molar-refractivity contribution in [3.8, 4) is 0 Å². The van der Waals surface area contributed by atoms with E-state index in [-0.39, 0.29) is 16.7 Å². The van der Waals surface area contributed by atoms with Gasteiger partial charge >= 0.3 is 0 Å². The molecule has 0 aliphatic carbocycles. The second-order valence-electron chi connectivity index (χ2n) is 7.28. The van der Waals surface area contributed by atoms with Crippen molar-refractivity contribution in [2.75, 3.05) is 18.4 Å². The van der Waals surface area contributed by atoms with Crippen LogP contribution in [0.2, 0.25) is 5.02 Å². The Kier molecular flexibility index (Phi) is 6.98. The molecule has 3 rings (SSSR count). The lowest BCUT2D eigenvalue weighted by Gasteiger charge is -2.31. The van der Waals surface area contributed by atoms with E-state index in [4.69, 9.17) is 11.6 Å². The molecule has 1 fully saturated rings. The SMILES string of the molecule is CCc1cccc(CC)c1NC(=O)C1CCN(S(=O)(=O)c2ccc(Cl)cc2)CC1. The first-order chi connectivity index (χ1) is 13.9. The van der Waals surface area contributed by atoms with Crippen molar-refractivity contribution in [3.05, 3.63) is 58.6 Å². The monoisotopic (exact) mass is 434 g/mol. The van der Waals surface area contributed by atoms with E-state index in [1.54, 1.807) is 12.1 Å². The average Bonchev–Trinajstić information content (AvgIpc) is 2.74. The van der Waals surface area contributed by atoms with Crippen molar-refractivity contribution in [1.29, 1.82) is 0 Å². The second kappa shape index (κ2) is 9.28. The molecule has 0 spiro atoms. The average molecular weight is 435 g/mol. The number of aryl methyl sites for hydroxylation is 2. The van der Waals surface area contributed by atoms with E-state index in [0.717, 1.165) is 29.7 Å². The molecule has 156 valence electrons. The summed E-state index contributed by atoms with van der Waals surface area (Å²) in [6.45, 7) is 4.81. The number of hydrogen-bond acceptors (Lipinski definition) is 3. The van der Waals surface area contributed by atoms with Gasteiger partial charge in [0.25, 0.3) is 0 Å². The zero-order valence-electron chi connectivity index (χ0n) is 16.8. The first-order valence-corrected chi connectivity index (χ1v) is 11.9. The van der Waals surface area contributed by atoms with Crippen LogP contribution in [0, 0.1) is 5.92 Å². The fraction of sp³-hybridized carbons (Fsp3) is 0.409. The number of hydrogen-bond donors (Lipinski definition) is 1. The number of carbonyl (C=O) groups is 1. The van der Waals surface area contributed by atoms with Crippen molar-refractivity contribution in [2.24, 2.45) is 5.92 Å². The van der Waals surface area contributed by atoms with Crippen LogP contribution < -0.4 is 5.32 Å². The molecule has 0 radical (unpaired) electrons. The largest absolute Gasteiger partial charge is 0.325 e. The van der Waals surface area contributed by atoms with Gasteiger partial charge in [0.2, 0.25) is 15.9 Å². The van der Waals surface area contributed by atoms with Gasteiger partial charge in [-0.1, -0.05) is 43.6 Å². The molecule has 0 aromatic heterocycles. The smallest absolute Gasteiger partial charge is 0.243 e. The molecule has 1 amide bonds. The molecular weight excluding hydrogens is 408 g/mol. The highest BCUT2D eigenvalue weighted by atomic mass is 35.5. The Bertz CT molecular complexity index is 944. The maximum absolute atomic E-state index is 12.9. The van der Waals surface area contributed by atoms with Crippen molar-refractivity contribution in [2.45, 2.75) is 44.4 Å². The molecule has 29 heavy (non-hydrogen) atoms. The zero-order valence-corrected chi connectivity index (χ0v) is 18.4. The minimum absolute atomic E-state index is 0.0239. The number of amides is 1. The third-order valence-corrected chi connectivity index (χ3v) is 7.69. The number of sulfonamides is 1. The maximum atomic E-state index is 12.9. The Morgan fingerprint density at radius 3 is 2.10 bits per heavy atom. The molecule has 0 saturated carbocycles. The number of rotatable bonds is 6. The molecule has 0 unspecified atom stereocenters. The van der Waals surface area contributed by atoms with Gasteiger partial charge in [-0.15, -0.1) is 0 Å². The lowest BCUT2D eigenvalue weighted by Crippen LogP contribution is -2.41. The molecule has 1 aliphatic rings. The highest BCUT2D eigenvalue weighted by Crippen LogP contribution is 2.28. The maximum Gasteiger partial charge on any atom is 0.243 e. The summed E-state index contributed by atoms with van der Waals surface area (Å²) in [5.41, 5.74) is 3.17. The van der Waals surface area contributed by atoms with E-state index >= 15 is 0 Å². The molecule has 5 nitrogen and oxygen atoms in total. The van der Waals surface area contributed by atoms with E-state index in [9.17, 15) is 13.2 Å². The van der Waals surface area contributed by atoms with Gasteiger partial charge in [-0.25, -0.2) is 8.42 Å². The van der Waals surface area contributed by atoms with Crippen LogP contribution >= 0.6 is 11.6 Å². The van der Waals surface area contributed by atoms with Crippen LogP contribution in [-0.2, 0) is 27.7 Å².